The van der Waals surface area contributed by atoms with Gasteiger partial charge in [-0.25, -0.2) is 4.98 Å². The number of aryl methyl sites for hydroxylation is 1. The number of carbonyl (C=O) groups excluding carboxylic acids is 2. The second kappa shape index (κ2) is 9.67. The van der Waals surface area contributed by atoms with Gasteiger partial charge in [0.1, 0.15) is 11.5 Å². The smallest absolute Gasteiger partial charge is 0.289 e. The van der Waals surface area contributed by atoms with Crippen molar-refractivity contribution in [3.8, 4) is 11.3 Å². The highest BCUT2D eigenvalue weighted by molar-refractivity contribution is 6.05. The van der Waals surface area contributed by atoms with E-state index in [1.54, 1.807) is 18.3 Å². The fourth-order valence-electron chi connectivity index (χ4n) is 3.80. The average Bonchev–Trinajstić information content (AvgIpc) is 3.51. The third-order valence-electron chi connectivity index (χ3n) is 5.72. The third-order valence-corrected chi connectivity index (χ3v) is 5.72. The van der Waals surface area contributed by atoms with E-state index < -0.39 is 0 Å². The van der Waals surface area contributed by atoms with Crippen LogP contribution in [0, 0.1) is 12.3 Å². The van der Waals surface area contributed by atoms with Crippen LogP contribution in [0.25, 0.3) is 11.3 Å². The van der Waals surface area contributed by atoms with Crippen LogP contribution in [0.2, 0.25) is 0 Å². The number of benzene rings is 1. The number of amides is 2. The second-order valence-corrected chi connectivity index (χ2v) is 9.90. The standard InChI is InChI=1S/C26H31N5O3/c1-17-7-8-19(29-24(32)18-9-10-27-23(13-18)31-11-5-6-12-31)14-20(17)21-15-22(34-30-21)25(33)28-16-26(2,3)4/h7-10,13-15H,5-6,11-12,16H2,1-4H3,(H,28,33)(H,29,32). The topological polar surface area (TPSA) is 100 Å². The molecule has 8 nitrogen and oxygen atoms in total. The summed E-state index contributed by atoms with van der Waals surface area (Å²) in [6, 6.07) is 10.7. The molecule has 178 valence electrons. The van der Waals surface area contributed by atoms with Crippen LogP contribution < -0.4 is 15.5 Å². The van der Waals surface area contributed by atoms with Crippen molar-refractivity contribution in [2.45, 2.75) is 40.5 Å². The Hall–Kier alpha value is -3.68. The molecular weight excluding hydrogens is 430 g/mol. The fraction of sp³-hybridized carbons (Fsp3) is 0.385. The second-order valence-electron chi connectivity index (χ2n) is 9.90. The first-order valence-electron chi connectivity index (χ1n) is 11.6. The predicted octanol–water partition coefficient (Wildman–Crippen LogP) is 4.67. The van der Waals surface area contributed by atoms with Crippen LogP contribution >= 0.6 is 0 Å². The minimum Gasteiger partial charge on any atom is -0.357 e. The Balaban J connectivity index is 1.49. The molecule has 0 radical (unpaired) electrons. The Kier molecular flexibility index (Phi) is 6.68. The lowest BCUT2D eigenvalue weighted by Gasteiger charge is -2.17. The monoisotopic (exact) mass is 461 g/mol. The normalized spacial score (nSPS) is 13.7. The molecule has 1 saturated heterocycles. The molecule has 0 bridgehead atoms. The minimum atomic E-state index is -0.303. The number of aromatic nitrogens is 2. The Morgan fingerprint density at radius 1 is 1.06 bits per heavy atom. The van der Waals surface area contributed by atoms with E-state index in [-0.39, 0.29) is 23.0 Å². The van der Waals surface area contributed by atoms with Crippen LogP contribution in [0.5, 0.6) is 0 Å². The lowest BCUT2D eigenvalue weighted by molar-refractivity contribution is 0.0902. The summed E-state index contributed by atoms with van der Waals surface area (Å²) >= 11 is 0. The largest absolute Gasteiger partial charge is 0.357 e. The van der Waals surface area contributed by atoms with E-state index in [4.69, 9.17) is 4.52 Å². The molecule has 1 fully saturated rings. The minimum absolute atomic E-state index is 0.0360. The molecule has 1 aliphatic rings. The van der Waals surface area contributed by atoms with E-state index in [0.717, 1.165) is 42.9 Å². The van der Waals surface area contributed by atoms with Gasteiger partial charge >= 0.3 is 0 Å². The zero-order valence-corrected chi connectivity index (χ0v) is 20.1. The number of hydrogen-bond donors (Lipinski definition) is 2. The molecular formula is C26H31N5O3. The van der Waals surface area contributed by atoms with Crippen molar-refractivity contribution in [2.75, 3.05) is 29.9 Å². The van der Waals surface area contributed by atoms with Gasteiger partial charge in [0, 0.05) is 48.7 Å². The summed E-state index contributed by atoms with van der Waals surface area (Å²) in [5.41, 5.74) is 3.42. The first kappa shape index (κ1) is 23.5. The SMILES string of the molecule is Cc1ccc(NC(=O)c2ccnc(N3CCCC3)c2)cc1-c1cc(C(=O)NCC(C)(C)C)on1. The van der Waals surface area contributed by atoms with Crippen molar-refractivity contribution in [1.29, 1.82) is 0 Å². The molecule has 3 heterocycles. The molecule has 2 amide bonds. The summed E-state index contributed by atoms with van der Waals surface area (Å²) in [6.45, 7) is 10.5. The van der Waals surface area contributed by atoms with Gasteiger partial charge in [0.25, 0.3) is 11.8 Å². The maximum absolute atomic E-state index is 12.9. The van der Waals surface area contributed by atoms with E-state index in [0.29, 0.717) is 23.5 Å². The van der Waals surface area contributed by atoms with E-state index in [9.17, 15) is 9.59 Å². The Morgan fingerprint density at radius 2 is 1.82 bits per heavy atom. The van der Waals surface area contributed by atoms with Gasteiger partial charge in [-0.3, -0.25) is 9.59 Å². The number of pyridine rings is 1. The van der Waals surface area contributed by atoms with Crippen molar-refractivity contribution >= 4 is 23.3 Å². The maximum atomic E-state index is 12.9. The summed E-state index contributed by atoms with van der Waals surface area (Å²) in [7, 11) is 0. The van der Waals surface area contributed by atoms with E-state index >= 15 is 0 Å². The Morgan fingerprint density at radius 3 is 2.56 bits per heavy atom. The summed E-state index contributed by atoms with van der Waals surface area (Å²) < 4.78 is 5.29. The van der Waals surface area contributed by atoms with Gasteiger partial charge in [-0.15, -0.1) is 0 Å². The number of carbonyl (C=O) groups is 2. The van der Waals surface area contributed by atoms with Crippen LogP contribution in [-0.2, 0) is 0 Å². The lowest BCUT2D eigenvalue weighted by atomic mass is 9.97. The van der Waals surface area contributed by atoms with Gasteiger partial charge in [0.05, 0.1) is 0 Å². The molecule has 1 aliphatic heterocycles. The van der Waals surface area contributed by atoms with Crippen LogP contribution in [-0.4, -0.2) is 41.6 Å². The first-order chi connectivity index (χ1) is 16.2. The van der Waals surface area contributed by atoms with Gasteiger partial charge in [-0.2, -0.15) is 0 Å². The van der Waals surface area contributed by atoms with Gasteiger partial charge in [-0.05, 0) is 55.0 Å². The van der Waals surface area contributed by atoms with Crippen LogP contribution in [0.15, 0.2) is 47.1 Å². The van der Waals surface area contributed by atoms with Gasteiger partial charge < -0.3 is 20.1 Å². The molecule has 34 heavy (non-hydrogen) atoms. The highest BCUT2D eigenvalue weighted by Gasteiger charge is 2.19. The van der Waals surface area contributed by atoms with E-state index in [2.05, 4.69) is 25.7 Å². The summed E-state index contributed by atoms with van der Waals surface area (Å²) in [5, 5.41) is 9.90. The average molecular weight is 462 g/mol. The molecule has 0 spiro atoms. The van der Waals surface area contributed by atoms with Crippen LogP contribution in [0.3, 0.4) is 0 Å². The van der Waals surface area contributed by atoms with Crippen LogP contribution in [0.1, 0.15) is 60.1 Å². The lowest BCUT2D eigenvalue weighted by Crippen LogP contribution is -2.31. The van der Waals surface area contributed by atoms with Crippen molar-refractivity contribution in [3.63, 3.8) is 0 Å². The van der Waals surface area contributed by atoms with E-state index in [1.807, 2.05) is 52.0 Å². The number of nitrogens with zero attached hydrogens (tertiary/aromatic N) is 3. The van der Waals surface area contributed by atoms with Crippen molar-refractivity contribution in [1.82, 2.24) is 15.5 Å². The van der Waals surface area contributed by atoms with Crippen molar-refractivity contribution < 1.29 is 14.1 Å². The first-order valence-corrected chi connectivity index (χ1v) is 11.6. The quantitative estimate of drug-likeness (QED) is 0.553. The molecule has 3 aromatic rings. The highest BCUT2D eigenvalue weighted by atomic mass is 16.5. The molecule has 0 unspecified atom stereocenters. The third kappa shape index (κ3) is 5.62. The Bertz CT molecular complexity index is 1190. The zero-order chi connectivity index (χ0) is 24.3. The highest BCUT2D eigenvalue weighted by Crippen LogP contribution is 2.27. The van der Waals surface area contributed by atoms with E-state index in [1.165, 1.54) is 0 Å². The maximum Gasteiger partial charge on any atom is 0.289 e. The number of rotatable bonds is 6. The molecule has 8 heteroatoms. The molecule has 2 aromatic heterocycles. The molecule has 0 aliphatic carbocycles. The summed E-state index contributed by atoms with van der Waals surface area (Å²) in [5.74, 6) is 0.469. The predicted molar refractivity (Wildman–Crippen MR) is 132 cm³/mol. The molecule has 0 saturated carbocycles. The zero-order valence-electron chi connectivity index (χ0n) is 20.1. The number of anilines is 2. The van der Waals surface area contributed by atoms with Crippen LogP contribution in [0.4, 0.5) is 11.5 Å². The molecule has 4 rings (SSSR count). The van der Waals surface area contributed by atoms with Gasteiger partial charge in [0.15, 0.2) is 0 Å². The molecule has 2 N–H and O–H groups in total. The van der Waals surface area contributed by atoms with Crippen molar-refractivity contribution in [2.24, 2.45) is 5.41 Å². The summed E-state index contributed by atoms with van der Waals surface area (Å²) in [4.78, 5) is 31.9. The fourth-order valence-corrected chi connectivity index (χ4v) is 3.80. The van der Waals surface area contributed by atoms with Gasteiger partial charge in [-0.1, -0.05) is 32.0 Å². The van der Waals surface area contributed by atoms with Crippen molar-refractivity contribution in [3.05, 3.63) is 59.5 Å². The molecule has 0 atom stereocenters. The Labute approximate surface area is 199 Å². The van der Waals surface area contributed by atoms with Gasteiger partial charge in [0.2, 0.25) is 5.76 Å². The summed E-state index contributed by atoms with van der Waals surface area (Å²) in [6.07, 6.45) is 3.96. The number of nitrogens with one attached hydrogen (secondary N) is 2. The number of hydrogen-bond acceptors (Lipinski definition) is 6. The molecule has 1 aromatic carbocycles.